The number of para-hydroxylation sites is 1. The van der Waals surface area contributed by atoms with Crippen LogP contribution in [0.15, 0.2) is 54.6 Å². The fourth-order valence-electron chi connectivity index (χ4n) is 1.92. The third kappa shape index (κ3) is 1.94. The fraction of sp³-hybridized carbons (Fsp3) is 0.0667. The summed E-state index contributed by atoms with van der Waals surface area (Å²) < 4.78 is 18.7. The molecule has 1 aliphatic rings. The normalized spacial score (nSPS) is 17.4. The molecule has 0 amide bonds. The molecule has 1 heterocycles. The summed E-state index contributed by atoms with van der Waals surface area (Å²) in [6.07, 6.45) is 3.88. The van der Waals surface area contributed by atoms with Crippen molar-refractivity contribution in [1.29, 1.82) is 0 Å². The van der Waals surface area contributed by atoms with Crippen molar-refractivity contribution in [3.8, 4) is 5.75 Å². The van der Waals surface area contributed by atoms with Gasteiger partial charge in [-0.05, 0) is 29.8 Å². The lowest BCUT2D eigenvalue weighted by Gasteiger charge is -2.21. The van der Waals surface area contributed by atoms with E-state index in [1.54, 1.807) is 12.1 Å². The highest BCUT2D eigenvalue weighted by atomic mass is 19.1. The molecule has 2 aromatic rings. The fourth-order valence-corrected chi connectivity index (χ4v) is 1.92. The van der Waals surface area contributed by atoms with E-state index in [-0.39, 0.29) is 11.9 Å². The van der Waals surface area contributed by atoms with Crippen molar-refractivity contribution in [3.63, 3.8) is 0 Å². The molecule has 0 aliphatic carbocycles. The monoisotopic (exact) mass is 226 g/mol. The summed E-state index contributed by atoms with van der Waals surface area (Å²) in [4.78, 5) is 0. The van der Waals surface area contributed by atoms with Gasteiger partial charge in [0.15, 0.2) is 0 Å². The van der Waals surface area contributed by atoms with Crippen molar-refractivity contribution in [2.24, 2.45) is 0 Å². The molecule has 2 aromatic carbocycles. The molecule has 0 fully saturated rings. The van der Waals surface area contributed by atoms with E-state index >= 15 is 0 Å². The molecule has 0 N–H and O–H groups in total. The van der Waals surface area contributed by atoms with Crippen LogP contribution in [0.2, 0.25) is 0 Å². The van der Waals surface area contributed by atoms with E-state index in [2.05, 4.69) is 0 Å². The Bertz CT molecular complexity index is 557. The van der Waals surface area contributed by atoms with Gasteiger partial charge in [-0.25, -0.2) is 4.39 Å². The lowest BCUT2D eigenvalue weighted by atomic mass is 10.0. The molecule has 0 saturated heterocycles. The highest BCUT2D eigenvalue weighted by Gasteiger charge is 2.15. The molecule has 0 saturated carbocycles. The van der Waals surface area contributed by atoms with Crippen LogP contribution in [-0.4, -0.2) is 0 Å². The Kier molecular flexibility index (Phi) is 2.41. The predicted octanol–water partition coefficient (Wildman–Crippen LogP) is 3.97. The minimum Gasteiger partial charge on any atom is -0.481 e. The maximum Gasteiger partial charge on any atom is 0.142 e. The number of hydrogen-bond acceptors (Lipinski definition) is 1. The summed E-state index contributed by atoms with van der Waals surface area (Å²) in [5.41, 5.74) is 2.03. The zero-order valence-electron chi connectivity index (χ0n) is 9.14. The first-order valence-corrected chi connectivity index (χ1v) is 5.52. The summed E-state index contributed by atoms with van der Waals surface area (Å²) >= 11 is 0. The number of hydrogen-bond donors (Lipinski definition) is 0. The zero-order valence-corrected chi connectivity index (χ0v) is 9.14. The maximum atomic E-state index is 12.8. The van der Waals surface area contributed by atoms with Gasteiger partial charge in [0, 0.05) is 5.56 Å². The van der Waals surface area contributed by atoms with Crippen LogP contribution in [0.25, 0.3) is 6.08 Å². The third-order valence-corrected chi connectivity index (χ3v) is 2.82. The van der Waals surface area contributed by atoms with Gasteiger partial charge in [-0.3, -0.25) is 0 Å². The summed E-state index contributed by atoms with van der Waals surface area (Å²) in [6.45, 7) is 0. The number of fused-ring (bicyclic) bond motifs is 1. The molecule has 0 aromatic heterocycles. The van der Waals surface area contributed by atoms with Gasteiger partial charge >= 0.3 is 0 Å². The number of benzene rings is 2. The van der Waals surface area contributed by atoms with E-state index in [1.807, 2.05) is 36.4 Å². The Labute approximate surface area is 99.2 Å². The Balaban J connectivity index is 1.92. The van der Waals surface area contributed by atoms with Crippen molar-refractivity contribution >= 4 is 6.08 Å². The molecule has 0 radical (unpaired) electrons. The second-order valence-electron chi connectivity index (χ2n) is 3.99. The van der Waals surface area contributed by atoms with E-state index in [9.17, 15) is 4.39 Å². The van der Waals surface area contributed by atoms with Crippen molar-refractivity contribution in [3.05, 3.63) is 71.6 Å². The Morgan fingerprint density at radius 3 is 2.53 bits per heavy atom. The third-order valence-electron chi connectivity index (χ3n) is 2.82. The van der Waals surface area contributed by atoms with Gasteiger partial charge < -0.3 is 4.74 Å². The molecular formula is C15H11FO. The summed E-state index contributed by atoms with van der Waals surface area (Å²) in [5.74, 6) is 0.637. The Hall–Kier alpha value is -2.09. The largest absolute Gasteiger partial charge is 0.481 e. The summed E-state index contributed by atoms with van der Waals surface area (Å²) in [7, 11) is 0. The van der Waals surface area contributed by atoms with Crippen LogP contribution in [0.1, 0.15) is 17.2 Å². The topological polar surface area (TPSA) is 9.23 Å². The number of rotatable bonds is 1. The standard InChI is InChI=1S/C15H11FO/c16-13-8-5-12(6-9-13)15-10-7-11-3-1-2-4-14(11)17-15/h1-10,15H. The number of halogens is 1. The van der Waals surface area contributed by atoms with Gasteiger partial charge in [-0.2, -0.15) is 0 Å². The number of ether oxygens (including phenoxy) is 1. The summed E-state index contributed by atoms with van der Waals surface area (Å²) in [6, 6.07) is 14.3. The molecule has 3 rings (SSSR count). The maximum absolute atomic E-state index is 12.8. The second kappa shape index (κ2) is 4.06. The molecule has 84 valence electrons. The van der Waals surface area contributed by atoms with Crippen LogP contribution in [0.3, 0.4) is 0 Å². The van der Waals surface area contributed by atoms with Crippen molar-refractivity contribution in [2.75, 3.05) is 0 Å². The van der Waals surface area contributed by atoms with E-state index in [0.717, 1.165) is 16.9 Å². The second-order valence-corrected chi connectivity index (χ2v) is 3.99. The minimum atomic E-state index is -0.228. The van der Waals surface area contributed by atoms with E-state index < -0.39 is 0 Å². The Morgan fingerprint density at radius 2 is 1.71 bits per heavy atom. The van der Waals surface area contributed by atoms with Crippen molar-refractivity contribution in [1.82, 2.24) is 0 Å². The molecule has 1 nitrogen and oxygen atoms in total. The van der Waals surface area contributed by atoms with E-state index in [1.165, 1.54) is 12.1 Å². The van der Waals surface area contributed by atoms with Gasteiger partial charge in [-0.1, -0.05) is 36.4 Å². The van der Waals surface area contributed by atoms with Gasteiger partial charge in [-0.15, -0.1) is 0 Å². The molecule has 2 heteroatoms. The SMILES string of the molecule is Fc1ccc(C2C=Cc3ccccc3O2)cc1. The van der Waals surface area contributed by atoms with E-state index in [4.69, 9.17) is 4.74 Å². The first-order chi connectivity index (χ1) is 8.33. The molecular weight excluding hydrogens is 215 g/mol. The highest BCUT2D eigenvalue weighted by molar-refractivity contribution is 5.60. The molecule has 17 heavy (non-hydrogen) atoms. The van der Waals surface area contributed by atoms with E-state index in [0.29, 0.717) is 0 Å². The lowest BCUT2D eigenvalue weighted by Crippen LogP contribution is -2.08. The van der Waals surface area contributed by atoms with Gasteiger partial charge in [0.2, 0.25) is 0 Å². The average molecular weight is 226 g/mol. The van der Waals surface area contributed by atoms with Crippen molar-refractivity contribution < 1.29 is 9.13 Å². The molecule has 1 unspecified atom stereocenters. The molecule has 1 aliphatic heterocycles. The average Bonchev–Trinajstić information content (AvgIpc) is 2.39. The first-order valence-electron chi connectivity index (χ1n) is 5.52. The molecule has 1 atom stereocenters. The Morgan fingerprint density at radius 1 is 0.941 bits per heavy atom. The van der Waals surface area contributed by atoms with Crippen LogP contribution in [0.5, 0.6) is 5.75 Å². The quantitative estimate of drug-likeness (QED) is 0.714. The van der Waals surface area contributed by atoms with Crippen molar-refractivity contribution in [2.45, 2.75) is 6.10 Å². The van der Waals surface area contributed by atoms with Gasteiger partial charge in [0.1, 0.15) is 17.7 Å². The van der Waals surface area contributed by atoms with Crippen LogP contribution in [-0.2, 0) is 0 Å². The van der Waals surface area contributed by atoms with Crippen LogP contribution in [0, 0.1) is 5.82 Å². The van der Waals surface area contributed by atoms with Crippen LogP contribution >= 0.6 is 0 Å². The summed E-state index contributed by atoms with van der Waals surface area (Å²) in [5, 5.41) is 0. The zero-order chi connectivity index (χ0) is 11.7. The molecule has 0 spiro atoms. The van der Waals surface area contributed by atoms with Crippen LogP contribution in [0.4, 0.5) is 4.39 Å². The smallest absolute Gasteiger partial charge is 0.142 e. The first kappa shape index (κ1) is 10.1. The van der Waals surface area contributed by atoms with Gasteiger partial charge in [0.05, 0.1) is 0 Å². The lowest BCUT2D eigenvalue weighted by molar-refractivity contribution is 0.251. The minimum absolute atomic E-state index is 0.134. The predicted molar refractivity (Wildman–Crippen MR) is 65.2 cm³/mol. The van der Waals surface area contributed by atoms with Gasteiger partial charge in [0.25, 0.3) is 0 Å². The van der Waals surface area contributed by atoms with Crippen LogP contribution < -0.4 is 4.74 Å². The highest BCUT2D eigenvalue weighted by Crippen LogP contribution is 2.32. The molecule has 0 bridgehead atoms.